The van der Waals surface area contributed by atoms with Crippen LogP contribution < -0.4 is 10.2 Å². The summed E-state index contributed by atoms with van der Waals surface area (Å²) in [5, 5.41) is 12.6. The zero-order valence-corrected chi connectivity index (χ0v) is 19.7. The lowest BCUT2D eigenvalue weighted by molar-refractivity contribution is 0.0697. The van der Waals surface area contributed by atoms with Gasteiger partial charge in [-0.3, -0.25) is 0 Å². The number of aryl methyl sites for hydroxylation is 1. The van der Waals surface area contributed by atoms with Gasteiger partial charge in [0.15, 0.2) is 5.82 Å². The molecule has 0 atom stereocenters. The third-order valence-corrected chi connectivity index (χ3v) is 6.59. The third kappa shape index (κ3) is 4.49. The number of anilines is 3. The summed E-state index contributed by atoms with van der Waals surface area (Å²) < 4.78 is 17.0. The van der Waals surface area contributed by atoms with Crippen LogP contribution >= 0.6 is 11.6 Å². The van der Waals surface area contributed by atoms with Crippen LogP contribution in [0.5, 0.6) is 0 Å². The molecule has 0 bridgehead atoms. The van der Waals surface area contributed by atoms with E-state index in [4.69, 9.17) is 16.7 Å². The number of hydrogen-bond acceptors (Lipinski definition) is 7. The van der Waals surface area contributed by atoms with Crippen molar-refractivity contribution < 1.29 is 14.3 Å². The van der Waals surface area contributed by atoms with Gasteiger partial charge in [0, 0.05) is 37.7 Å². The number of rotatable bonds is 6. The van der Waals surface area contributed by atoms with Crippen LogP contribution in [-0.4, -0.2) is 48.7 Å². The first-order chi connectivity index (χ1) is 16.9. The van der Waals surface area contributed by atoms with Crippen molar-refractivity contribution >= 4 is 46.1 Å². The van der Waals surface area contributed by atoms with Gasteiger partial charge >= 0.3 is 5.97 Å². The number of fused-ring (bicyclic) bond motifs is 1. The normalized spacial score (nSPS) is 14.4. The summed E-state index contributed by atoms with van der Waals surface area (Å²) >= 11 is 6.24. The average Bonchev–Trinajstić information content (AvgIpc) is 3.22. The monoisotopic (exact) mass is 495 g/mol. The Balaban J connectivity index is 1.37. The molecule has 0 radical (unpaired) electrons. The van der Waals surface area contributed by atoms with E-state index in [1.807, 2.05) is 17.0 Å². The van der Waals surface area contributed by atoms with E-state index in [2.05, 4.69) is 37.1 Å². The van der Waals surface area contributed by atoms with Crippen molar-refractivity contribution in [3.8, 4) is 0 Å². The first-order valence-corrected chi connectivity index (χ1v) is 11.7. The zero-order chi connectivity index (χ0) is 24.5. The molecule has 35 heavy (non-hydrogen) atoms. The fourth-order valence-electron chi connectivity index (χ4n) is 4.33. The number of nitrogens with one attached hydrogen (secondary N) is 1. The van der Waals surface area contributed by atoms with Crippen LogP contribution in [0.2, 0.25) is 5.02 Å². The second-order valence-electron chi connectivity index (χ2n) is 8.39. The van der Waals surface area contributed by atoms with Crippen LogP contribution in [-0.2, 0) is 6.42 Å². The Morgan fingerprint density at radius 1 is 1.20 bits per heavy atom. The van der Waals surface area contributed by atoms with Gasteiger partial charge in [-0.05, 0) is 43.0 Å². The number of aromatic carboxylic acids is 1. The number of carbonyl (C=O) groups is 1. The molecule has 0 spiro atoms. The van der Waals surface area contributed by atoms with Crippen molar-refractivity contribution in [1.82, 2.24) is 24.5 Å². The predicted molar refractivity (Wildman–Crippen MR) is 131 cm³/mol. The highest BCUT2D eigenvalue weighted by molar-refractivity contribution is 6.33. The van der Waals surface area contributed by atoms with Gasteiger partial charge in [-0.1, -0.05) is 18.5 Å². The van der Waals surface area contributed by atoms with Crippen LogP contribution in [0.15, 0.2) is 43.1 Å². The second-order valence-corrected chi connectivity index (χ2v) is 8.80. The predicted octanol–water partition coefficient (Wildman–Crippen LogP) is 4.86. The van der Waals surface area contributed by atoms with Crippen molar-refractivity contribution in [2.45, 2.75) is 32.2 Å². The number of benzene rings is 1. The van der Waals surface area contributed by atoms with E-state index < -0.39 is 11.8 Å². The number of carboxylic acids is 1. The summed E-state index contributed by atoms with van der Waals surface area (Å²) in [5.74, 6) is -0.550. The average molecular weight is 496 g/mol. The van der Waals surface area contributed by atoms with Crippen molar-refractivity contribution in [2.75, 3.05) is 23.3 Å². The maximum atomic E-state index is 15.1. The molecular formula is C24H23ClFN7O2. The number of aromatic nitrogens is 5. The van der Waals surface area contributed by atoms with E-state index in [-0.39, 0.29) is 27.8 Å². The highest BCUT2D eigenvalue weighted by Gasteiger charge is 2.26. The smallest absolute Gasteiger partial charge is 0.335 e. The lowest BCUT2D eigenvalue weighted by atomic mass is 10.1. The molecule has 1 aliphatic rings. The standard InChI is InChI=1S/C24H23ClFN7O2/c1-2-14-10-27-24(28-11-14)32-7-5-16(6-8-32)33-12-18(26)20-21(29-13-30-22(20)33)31-19-4-3-15(23(34)35)9-17(19)25/h3-4,9-13,16H,2,5-8H2,1H3,(H,34,35)(H,29,30,31). The van der Waals surface area contributed by atoms with Crippen LogP contribution in [0.1, 0.15) is 41.7 Å². The Kier molecular flexibility index (Phi) is 6.21. The summed E-state index contributed by atoms with van der Waals surface area (Å²) in [6.07, 6.45) is 9.03. The Morgan fingerprint density at radius 3 is 2.60 bits per heavy atom. The minimum atomic E-state index is -1.08. The Bertz CT molecular complexity index is 1380. The minimum absolute atomic E-state index is 0.0590. The molecule has 1 aliphatic heterocycles. The van der Waals surface area contributed by atoms with E-state index in [9.17, 15) is 4.79 Å². The van der Waals surface area contributed by atoms with Gasteiger partial charge in [0.1, 0.15) is 17.8 Å². The third-order valence-electron chi connectivity index (χ3n) is 6.27. The van der Waals surface area contributed by atoms with E-state index in [0.29, 0.717) is 17.3 Å². The van der Waals surface area contributed by atoms with Crippen LogP contribution in [0.3, 0.4) is 0 Å². The van der Waals surface area contributed by atoms with Crippen LogP contribution in [0.4, 0.5) is 21.8 Å². The van der Waals surface area contributed by atoms with Crippen LogP contribution in [0.25, 0.3) is 11.0 Å². The molecule has 3 aromatic heterocycles. The summed E-state index contributed by atoms with van der Waals surface area (Å²) in [4.78, 5) is 30.8. The molecule has 5 rings (SSSR count). The van der Waals surface area contributed by atoms with Gasteiger partial charge in [0.25, 0.3) is 0 Å². The Hall–Kier alpha value is -3.79. The highest BCUT2D eigenvalue weighted by Crippen LogP contribution is 2.34. The Labute approximate surface area is 205 Å². The molecule has 1 fully saturated rings. The molecule has 0 saturated carbocycles. The van der Waals surface area contributed by atoms with Crippen molar-refractivity contribution in [2.24, 2.45) is 0 Å². The SMILES string of the molecule is CCc1cnc(N2CCC(n3cc(F)c4c(Nc5ccc(C(=O)O)cc5Cl)ncnc43)CC2)nc1. The quantitative estimate of drug-likeness (QED) is 0.390. The Morgan fingerprint density at radius 2 is 1.94 bits per heavy atom. The van der Waals surface area contributed by atoms with Crippen LogP contribution in [0, 0.1) is 5.82 Å². The second kappa shape index (κ2) is 9.46. The molecule has 0 aliphatic carbocycles. The van der Waals surface area contributed by atoms with Crippen molar-refractivity contribution in [1.29, 1.82) is 0 Å². The van der Waals surface area contributed by atoms with Crippen molar-refractivity contribution in [3.63, 3.8) is 0 Å². The van der Waals surface area contributed by atoms with Gasteiger partial charge < -0.3 is 19.9 Å². The largest absolute Gasteiger partial charge is 0.478 e. The molecule has 1 saturated heterocycles. The van der Waals surface area contributed by atoms with Gasteiger partial charge in [0.2, 0.25) is 5.95 Å². The van der Waals surface area contributed by atoms with Gasteiger partial charge in [-0.15, -0.1) is 0 Å². The topological polar surface area (TPSA) is 109 Å². The summed E-state index contributed by atoms with van der Waals surface area (Å²) in [7, 11) is 0. The number of piperidine rings is 1. The lowest BCUT2D eigenvalue weighted by Gasteiger charge is -2.32. The molecular weight excluding hydrogens is 473 g/mol. The number of carboxylic acid groups (broad SMARTS) is 1. The molecule has 1 aromatic carbocycles. The highest BCUT2D eigenvalue weighted by atomic mass is 35.5. The molecule has 11 heteroatoms. The summed E-state index contributed by atoms with van der Waals surface area (Å²) in [6, 6.07) is 4.34. The molecule has 4 heterocycles. The minimum Gasteiger partial charge on any atom is -0.478 e. The van der Waals surface area contributed by atoms with Gasteiger partial charge in [-0.2, -0.15) is 0 Å². The van der Waals surface area contributed by atoms with E-state index in [1.165, 1.54) is 30.7 Å². The first-order valence-electron chi connectivity index (χ1n) is 11.3. The maximum absolute atomic E-state index is 15.1. The number of halogens is 2. The first kappa shape index (κ1) is 23.0. The van der Waals surface area contributed by atoms with E-state index in [0.717, 1.165) is 37.9 Å². The summed E-state index contributed by atoms with van der Waals surface area (Å²) in [5.41, 5.74) is 2.07. The molecule has 0 unspecified atom stereocenters. The maximum Gasteiger partial charge on any atom is 0.335 e. The van der Waals surface area contributed by atoms with Gasteiger partial charge in [0.05, 0.1) is 21.7 Å². The fraction of sp³-hybridized carbons (Fsp3) is 0.292. The number of hydrogen-bond donors (Lipinski definition) is 2. The zero-order valence-electron chi connectivity index (χ0n) is 18.9. The molecule has 9 nitrogen and oxygen atoms in total. The molecule has 0 amide bonds. The molecule has 180 valence electrons. The fourth-order valence-corrected chi connectivity index (χ4v) is 4.56. The number of nitrogens with zero attached hydrogens (tertiary/aromatic N) is 6. The van der Waals surface area contributed by atoms with E-state index in [1.54, 1.807) is 0 Å². The molecule has 4 aromatic rings. The van der Waals surface area contributed by atoms with Gasteiger partial charge in [-0.25, -0.2) is 29.1 Å². The van der Waals surface area contributed by atoms with E-state index >= 15 is 4.39 Å². The molecule has 2 N–H and O–H groups in total. The van der Waals surface area contributed by atoms with Crippen molar-refractivity contribution in [3.05, 3.63) is 65.1 Å². The summed E-state index contributed by atoms with van der Waals surface area (Å²) in [6.45, 7) is 3.57. The lowest BCUT2D eigenvalue weighted by Crippen LogP contribution is -2.35.